The number of carboxylic acid groups (broad SMARTS) is 1. The summed E-state index contributed by atoms with van der Waals surface area (Å²) in [5.41, 5.74) is 2.55. The van der Waals surface area contributed by atoms with Crippen molar-refractivity contribution in [2.45, 2.75) is 98.0 Å². The third-order valence-corrected chi connectivity index (χ3v) is 8.54. The van der Waals surface area contributed by atoms with Gasteiger partial charge < -0.3 is 20.1 Å². The summed E-state index contributed by atoms with van der Waals surface area (Å²) < 4.78 is 30.6. The maximum Gasteiger partial charge on any atom is 0.387 e. The van der Waals surface area contributed by atoms with E-state index >= 15 is 0 Å². The fraction of sp³-hybridized carbons (Fsp3) is 0.562. The molecule has 8 heteroatoms. The van der Waals surface area contributed by atoms with Crippen molar-refractivity contribution in [3.8, 4) is 5.75 Å². The summed E-state index contributed by atoms with van der Waals surface area (Å²) >= 11 is 0. The fourth-order valence-electron chi connectivity index (χ4n) is 6.94. The van der Waals surface area contributed by atoms with Gasteiger partial charge in [-0.1, -0.05) is 82.5 Å². The van der Waals surface area contributed by atoms with E-state index in [2.05, 4.69) is 5.32 Å². The lowest BCUT2D eigenvalue weighted by Gasteiger charge is -2.36. The number of aryl methyl sites for hydroxylation is 2. The molecule has 1 saturated carbocycles. The van der Waals surface area contributed by atoms with Gasteiger partial charge in [-0.25, -0.2) is 4.79 Å². The van der Waals surface area contributed by atoms with Crippen LogP contribution in [0.1, 0.15) is 81.2 Å². The van der Waals surface area contributed by atoms with Gasteiger partial charge in [-0.2, -0.15) is 8.78 Å². The molecule has 6 nitrogen and oxygen atoms in total. The van der Waals surface area contributed by atoms with Crippen LogP contribution in [0.5, 0.6) is 5.75 Å². The topological polar surface area (TPSA) is 78.9 Å². The molecule has 2 aliphatic rings. The van der Waals surface area contributed by atoms with Crippen molar-refractivity contribution in [2.75, 3.05) is 0 Å². The highest BCUT2D eigenvalue weighted by molar-refractivity contribution is 5.87. The van der Waals surface area contributed by atoms with E-state index in [0.717, 1.165) is 43.2 Å². The predicted octanol–water partition coefficient (Wildman–Crippen LogP) is 6.64. The van der Waals surface area contributed by atoms with Gasteiger partial charge in [0.05, 0.1) is 6.04 Å². The minimum absolute atomic E-state index is 0.0697. The number of halogens is 2. The molecule has 4 rings (SSSR count). The minimum Gasteiger partial charge on any atom is -0.480 e. The van der Waals surface area contributed by atoms with Gasteiger partial charge >= 0.3 is 12.6 Å². The van der Waals surface area contributed by atoms with Crippen LogP contribution in [0.25, 0.3) is 0 Å². The molecule has 4 atom stereocenters. The normalized spacial score (nSPS) is 23.9. The largest absolute Gasteiger partial charge is 0.480 e. The molecule has 0 radical (unpaired) electrons. The zero-order valence-corrected chi connectivity index (χ0v) is 24.1. The lowest BCUT2D eigenvalue weighted by atomic mass is 9.72. The molecule has 218 valence electrons. The SMILES string of the molecule is Cc1cc(CN[C@H]2[C@H](C(C)(C)C)[C@@H](C(=O)O)N(C(=O)C3CCCCC3)[C@H]2c2ccccc2)cc(C)c1OC(F)F. The number of aliphatic carboxylic acids is 1. The van der Waals surface area contributed by atoms with Crippen LogP contribution >= 0.6 is 0 Å². The van der Waals surface area contributed by atoms with Crippen LogP contribution in [0, 0.1) is 31.1 Å². The molecule has 2 fully saturated rings. The van der Waals surface area contributed by atoms with Crippen LogP contribution in [0.2, 0.25) is 0 Å². The number of alkyl halides is 2. The predicted molar refractivity (Wildman–Crippen MR) is 150 cm³/mol. The molecule has 0 aromatic heterocycles. The molecular formula is C32H42F2N2O4. The van der Waals surface area contributed by atoms with Gasteiger partial charge in [0, 0.05) is 24.4 Å². The number of carbonyl (C=O) groups is 2. The Labute approximate surface area is 236 Å². The maximum absolute atomic E-state index is 14.2. The van der Waals surface area contributed by atoms with E-state index < -0.39 is 30.1 Å². The summed E-state index contributed by atoms with van der Waals surface area (Å²) in [6.07, 6.45) is 4.63. The van der Waals surface area contributed by atoms with Crippen molar-refractivity contribution in [1.82, 2.24) is 10.2 Å². The summed E-state index contributed by atoms with van der Waals surface area (Å²) in [7, 11) is 0. The van der Waals surface area contributed by atoms with Gasteiger partial charge in [0.1, 0.15) is 11.8 Å². The summed E-state index contributed by atoms with van der Waals surface area (Å²) in [6, 6.07) is 11.5. The Morgan fingerprint density at radius 1 is 1.05 bits per heavy atom. The van der Waals surface area contributed by atoms with E-state index in [-0.39, 0.29) is 29.5 Å². The van der Waals surface area contributed by atoms with Crippen LogP contribution in [0.3, 0.4) is 0 Å². The third-order valence-electron chi connectivity index (χ3n) is 8.54. The first-order valence-electron chi connectivity index (χ1n) is 14.3. The maximum atomic E-state index is 14.2. The Hall–Kier alpha value is -3.00. The van der Waals surface area contributed by atoms with Crippen LogP contribution in [0.4, 0.5) is 8.78 Å². The molecule has 40 heavy (non-hydrogen) atoms. The van der Waals surface area contributed by atoms with Crippen molar-refractivity contribution >= 4 is 11.9 Å². The van der Waals surface area contributed by atoms with Crippen molar-refractivity contribution in [3.63, 3.8) is 0 Å². The molecule has 1 aliphatic carbocycles. The number of carbonyl (C=O) groups excluding carboxylic acids is 1. The highest BCUT2D eigenvalue weighted by Gasteiger charge is 2.58. The number of carboxylic acids is 1. The summed E-state index contributed by atoms with van der Waals surface area (Å²) in [4.78, 5) is 28.8. The fourth-order valence-corrected chi connectivity index (χ4v) is 6.94. The van der Waals surface area contributed by atoms with Crippen LogP contribution < -0.4 is 10.1 Å². The van der Waals surface area contributed by atoms with Crippen molar-refractivity contribution in [2.24, 2.45) is 17.3 Å². The average Bonchev–Trinajstić information content (AvgIpc) is 3.26. The number of nitrogens with one attached hydrogen (secondary N) is 1. The van der Waals surface area contributed by atoms with Crippen molar-refractivity contribution in [3.05, 3.63) is 64.7 Å². The molecule has 0 unspecified atom stereocenters. The Kier molecular flexibility index (Phi) is 9.18. The zero-order chi connectivity index (χ0) is 29.2. The van der Waals surface area contributed by atoms with E-state index in [1.165, 1.54) is 0 Å². The van der Waals surface area contributed by atoms with Crippen LogP contribution in [-0.4, -0.2) is 40.6 Å². The number of hydrogen-bond donors (Lipinski definition) is 2. The number of ether oxygens (including phenoxy) is 1. The lowest BCUT2D eigenvalue weighted by molar-refractivity contribution is -0.154. The highest BCUT2D eigenvalue weighted by Crippen LogP contribution is 2.49. The van der Waals surface area contributed by atoms with E-state index in [9.17, 15) is 23.5 Å². The number of hydrogen-bond acceptors (Lipinski definition) is 4. The summed E-state index contributed by atoms with van der Waals surface area (Å²) in [6.45, 7) is 7.05. The van der Waals surface area contributed by atoms with Crippen LogP contribution in [-0.2, 0) is 16.1 Å². The smallest absolute Gasteiger partial charge is 0.387 e. The monoisotopic (exact) mass is 556 g/mol. The molecule has 1 saturated heterocycles. The standard InChI is InChI=1S/C32H42F2N2O4/c1-19-16-21(17-20(2)28(19)40-31(33)34)18-35-25-24(32(3,4)5)27(30(38)39)36(26(25)22-12-8-6-9-13-22)29(37)23-14-10-7-11-15-23/h6,8-9,12-13,16-17,23-27,31,35H,7,10-11,14-15,18H2,1-5H3,(H,38,39)/t24-,25-,26-,27-/m0/s1. The number of likely N-dealkylation sites (tertiary alicyclic amines) is 1. The van der Waals surface area contributed by atoms with Crippen molar-refractivity contribution < 1.29 is 28.2 Å². The average molecular weight is 557 g/mol. The van der Waals surface area contributed by atoms with Gasteiger partial charge in [-0.05, 0) is 54.4 Å². The molecule has 2 aromatic rings. The van der Waals surface area contributed by atoms with Gasteiger partial charge in [0.15, 0.2) is 0 Å². The van der Waals surface area contributed by atoms with Gasteiger partial charge in [0.25, 0.3) is 0 Å². The first kappa shape index (κ1) is 30.0. The molecule has 2 N–H and O–H groups in total. The number of benzene rings is 2. The van der Waals surface area contributed by atoms with Crippen molar-refractivity contribution in [1.29, 1.82) is 0 Å². The molecule has 1 aliphatic heterocycles. The molecule has 0 spiro atoms. The molecule has 2 aromatic carbocycles. The second-order valence-electron chi connectivity index (χ2n) is 12.5. The summed E-state index contributed by atoms with van der Waals surface area (Å²) in [5, 5.41) is 14.3. The summed E-state index contributed by atoms with van der Waals surface area (Å²) in [5.74, 6) is -1.45. The zero-order valence-electron chi connectivity index (χ0n) is 24.1. The number of rotatable bonds is 8. The lowest BCUT2D eigenvalue weighted by Crippen LogP contribution is -2.49. The molecule has 1 amide bonds. The van der Waals surface area contributed by atoms with Crippen LogP contribution in [0.15, 0.2) is 42.5 Å². The van der Waals surface area contributed by atoms with E-state index in [4.69, 9.17) is 4.74 Å². The first-order valence-corrected chi connectivity index (χ1v) is 14.3. The van der Waals surface area contributed by atoms with Gasteiger partial charge in [-0.15, -0.1) is 0 Å². The minimum atomic E-state index is -2.90. The Morgan fingerprint density at radius 2 is 1.65 bits per heavy atom. The molecule has 1 heterocycles. The quantitative estimate of drug-likeness (QED) is 0.381. The van der Waals surface area contributed by atoms with Gasteiger partial charge in [0.2, 0.25) is 5.91 Å². The van der Waals surface area contributed by atoms with Gasteiger partial charge in [-0.3, -0.25) is 4.79 Å². The van der Waals surface area contributed by atoms with E-state index in [1.807, 2.05) is 63.2 Å². The Morgan fingerprint density at radius 3 is 2.17 bits per heavy atom. The Bertz CT molecular complexity index is 1170. The molecular weight excluding hydrogens is 514 g/mol. The molecule has 0 bridgehead atoms. The number of nitrogens with zero attached hydrogens (tertiary/aromatic N) is 1. The van der Waals surface area contributed by atoms with E-state index in [0.29, 0.717) is 17.7 Å². The third kappa shape index (κ3) is 6.32. The van der Waals surface area contributed by atoms with E-state index in [1.54, 1.807) is 18.7 Å². The number of amides is 1. The first-order chi connectivity index (χ1) is 18.9. The Balaban J connectivity index is 1.76. The highest BCUT2D eigenvalue weighted by atomic mass is 19.3. The second kappa shape index (κ2) is 12.2. The second-order valence-corrected chi connectivity index (χ2v) is 12.5.